The predicted molar refractivity (Wildman–Crippen MR) is 105 cm³/mol. The zero-order valence-electron chi connectivity index (χ0n) is 15.5. The largest absolute Gasteiger partial charge is 0.340 e. The van der Waals surface area contributed by atoms with Gasteiger partial charge in [-0.15, -0.1) is 0 Å². The molecule has 0 spiro atoms. The second kappa shape index (κ2) is 6.86. The van der Waals surface area contributed by atoms with E-state index < -0.39 is 0 Å². The number of hydrogen-bond acceptors (Lipinski definition) is 6. The van der Waals surface area contributed by atoms with E-state index in [-0.39, 0.29) is 0 Å². The third kappa shape index (κ3) is 3.31. The summed E-state index contributed by atoms with van der Waals surface area (Å²) in [5.74, 6) is 2.10. The number of aromatic nitrogens is 4. The highest BCUT2D eigenvalue weighted by molar-refractivity contribution is 5.86. The molecule has 1 aliphatic heterocycles. The zero-order valence-corrected chi connectivity index (χ0v) is 15.5. The van der Waals surface area contributed by atoms with Crippen LogP contribution in [0.15, 0.2) is 30.6 Å². The van der Waals surface area contributed by atoms with E-state index >= 15 is 0 Å². The maximum atomic E-state index is 4.82. The fourth-order valence-corrected chi connectivity index (χ4v) is 3.53. The van der Waals surface area contributed by atoms with Crippen LogP contribution in [0.25, 0.3) is 11.2 Å². The number of anilines is 3. The van der Waals surface area contributed by atoms with Crippen LogP contribution in [0.1, 0.15) is 30.9 Å². The van der Waals surface area contributed by atoms with Crippen LogP contribution in [-0.4, -0.2) is 33.0 Å². The van der Waals surface area contributed by atoms with Crippen molar-refractivity contribution in [2.24, 2.45) is 5.92 Å². The minimum atomic E-state index is 0.628. The van der Waals surface area contributed by atoms with Crippen LogP contribution in [0.5, 0.6) is 0 Å². The minimum Gasteiger partial charge on any atom is -0.340 e. The molecule has 0 bridgehead atoms. The minimum absolute atomic E-state index is 0.628. The highest BCUT2D eigenvalue weighted by Crippen LogP contribution is 2.27. The first kappa shape index (κ1) is 16.7. The lowest BCUT2D eigenvalue weighted by Crippen LogP contribution is -2.35. The van der Waals surface area contributed by atoms with Crippen molar-refractivity contribution in [2.75, 3.05) is 23.3 Å². The van der Waals surface area contributed by atoms with Gasteiger partial charge in [0.2, 0.25) is 5.95 Å². The normalized spacial score (nSPS) is 17.5. The molecule has 1 fully saturated rings. The summed E-state index contributed by atoms with van der Waals surface area (Å²) in [5, 5.41) is 3.45. The van der Waals surface area contributed by atoms with Crippen LogP contribution in [0, 0.1) is 19.8 Å². The molecular weight excluding hydrogens is 324 g/mol. The van der Waals surface area contributed by atoms with Crippen molar-refractivity contribution >= 4 is 28.6 Å². The van der Waals surface area contributed by atoms with E-state index in [4.69, 9.17) is 4.98 Å². The maximum absolute atomic E-state index is 4.82. The molecule has 0 amide bonds. The topological polar surface area (TPSA) is 66.8 Å². The Hall–Kier alpha value is -2.76. The number of hydrogen-bond donors (Lipinski definition) is 1. The van der Waals surface area contributed by atoms with Crippen molar-refractivity contribution in [1.82, 2.24) is 19.9 Å². The predicted octanol–water partition coefficient (Wildman–Crippen LogP) is 4.02. The summed E-state index contributed by atoms with van der Waals surface area (Å²) < 4.78 is 0. The van der Waals surface area contributed by atoms with Gasteiger partial charge in [-0.2, -0.15) is 9.97 Å². The van der Waals surface area contributed by atoms with E-state index in [2.05, 4.69) is 64.1 Å². The lowest BCUT2D eigenvalue weighted by molar-refractivity contribution is 0.442. The van der Waals surface area contributed by atoms with Gasteiger partial charge in [-0.05, 0) is 44.2 Å². The average Bonchev–Trinajstić information content (AvgIpc) is 2.64. The van der Waals surface area contributed by atoms with Crippen molar-refractivity contribution in [1.29, 1.82) is 0 Å². The Morgan fingerprint density at radius 1 is 1.12 bits per heavy atom. The molecule has 0 radical (unpaired) electrons. The molecular formula is C20H24N6. The van der Waals surface area contributed by atoms with E-state index in [9.17, 15) is 0 Å². The number of piperidine rings is 1. The van der Waals surface area contributed by atoms with Crippen LogP contribution in [0.2, 0.25) is 0 Å². The summed E-state index contributed by atoms with van der Waals surface area (Å²) in [6.07, 6.45) is 5.79. The van der Waals surface area contributed by atoms with Gasteiger partial charge in [0.15, 0.2) is 17.0 Å². The van der Waals surface area contributed by atoms with Crippen LogP contribution in [0.3, 0.4) is 0 Å². The third-order valence-electron chi connectivity index (χ3n) is 4.90. The first-order valence-electron chi connectivity index (χ1n) is 9.18. The van der Waals surface area contributed by atoms with Gasteiger partial charge in [-0.1, -0.05) is 24.6 Å². The number of benzene rings is 1. The number of nitrogens with zero attached hydrogens (tertiary/aromatic N) is 5. The van der Waals surface area contributed by atoms with Gasteiger partial charge in [0.25, 0.3) is 0 Å². The molecule has 1 atom stereocenters. The Balaban J connectivity index is 1.77. The van der Waals surface area contributed by atoms with Gasteiger partial charge in [0, 0.05) is 31.2 Å². The molecule has 6 nitrogen and oxygen atoms in total. The Morgan fingerprint density at radius 3 is 2.77 bits per heavy atom. The van der Waals surface area contributed by atoms with Crippen LogP contribution in [-0.2, 0) is 0 Å². The molecule has 134 valence electrons. The highest BCUT2D eigenvalue weighted by Gasteiger charge is 2.21. The zero-order chi connectivity index (χ0) is 18.1. The Labute approximate surface area is 153 Å². The molecule has 1 aromatic carbocycles. The molecule has 4 rings (SSSR count). The number of fused-ring (bicyclic) bond motifs is 1. The molecule has 3 heterocycles. The first-order valence-corrected chi connectivity index (χ1v) is 9.18. The van der Waals surface area contributed by atoms with E-state index in [0.717, 1.165) is 24.7 Å². The molecule has 1 aliphatic rings. The van der Waals surface area contributed by atoms with E-state index in [1.807, 2.05) is 0 Å². The standard InChI is InChI=1S/C20H24N6/c1-13-6-7-16(15(3)11-13)23-19-17-18(22-9-8-21-17)24-20(25-19)26-10-4-5-14(2)12-26/h6-9,11,14H,4-5,10,12H2,1-3H3,(H,22,23,24,25). The van der Waals surface area contributed by atoms with Crippen molar-refractivity contribution in [2.45, 2.75) is 33.6 Å². The summed E-state index contributed by atoms with van der Waals surface area (Å²) in [6.45, 7) is 8.44. The molecule has 6 heteroatoms. The van der Waals surface area contributed by atoms with Gasteiger partial charge < -0.3 is 10.2 Å². The molecule has 0 aliphatic carbocycles. The fourth-order valence-electron chi connectivity index (χ4n) is 3.53. The van der Waals surface area contributed by atoms with E-state index in [1.165, 1.54) is 24.0 Å². The Morgan fingerprint density at radius 2 is 1.96 bits per heavy atom. The van der Waals surface area contributed by atoms with Gasteiger partial charge in [0.1, 0.15) is 0 Å². The van der Waals surface area contributed by atoms with Crippen molar-refractivity contribution in [3.05, 3.63) is 41.7 Å². The third-order valence-corrected chi connectivity index (χ3v) is 4.90. The Bertz CT molecular complexity index is 939. The fraction of sp³-hybridized carbons (Fsp3) is 0.400. The molecule has 1 unspecified atom stereocenters. The van der Waals surface area contributed by atoms with Crippen LogP contribution < -0.4 is 10.2 Å². The second-order valence-electron chi connectivity index (χ2n) is 7.24. The molecule has 3 aromatic rings. The van der Waals surface area contributed by atoms with Crippen molar-refractivity contribution in [3.63, 3.8) is 0 Å². The van der Waals surface area contributed by atoms with Crippen molar-refractivity contribution in [3.8, 4) is 0 Å². The highest BCUT2D eigenvalue weighted by atomic mass is 15.3. The maximum Gasteiger partial charge on any atom is 0.229 e. The summed E-state index contributed by atoms with van der Waals surface area (Å²) in [5.41, 5.74) is 4.76. The van der Waals surface area contributed by atoms with Gasteiger partial charge in [0.05, 0.1) is 0 Å². The SMILES string of the molecule is Cc1ccc(Nc2nc(N3CCCC(C)C3)nc3nccnc23)c(C)c1. The average molecular weight is 348 g/mol. The van der Waals surface area contributed by atoms with Crippen molar-refractivity contribution < 1.29 is 0 Å². The monoisotopic (exact) mass is 348 g/mol. The first-order chi connectivity index (χ1) is 12.6. The van der Waals surface area contributed by atoms with Gasteiger partial charge >= 0.3 is 0 Å². The molecule has 0 saturated carbocycles. The summed E-state index contributed by atoms with van der Waals surface area (Å²) >= 11 is 0. The number of aryl methyl sites for hydroxylation is 2. The van der Waals surface area contributed by atoms with E-state index in [1.54, 1.807) is 12.4 Å². The summed E-state index contributed by atoms with van der Waals surface area (Å²) in [7, 11) is 0. The van der Waals surface area contributed by atoms with Crippen LogP contribution in [0.4, 0.5) is 17.5 Å². The summed E-state index contributed by atoms with van der Waals surface area (Å²) in [6, 6.07) is 6.33. The molecule has 2 aromatic heterocycles. The number of rotatable bonds is 3. The Kier molecular flexibility index (Phi) is 4.41. The second-order valence-corrected chi connectivity index (χ2v) is 7.24. The lowest BCUT2D eigenvalue weighted by Gasteiger charge is -2.31. The van der Waals surface area contributed by atoms with Gasteiger partial charge in [-0.25, -0.2) is 9.97 Å². The molecule has 1 N–H and O–H groups in total. The summed E-state index contributed by atoms with van der Waals surface area (Å²) in [4.78, 5) is 20.6. The smallest absolute Gasteiger partial charge is 0.229 e. The van der Waals surface area contributed by atoms with E-state index in [0.29, 0.717) is 22.9 Å². The quantitative estimate of drug-likeness (QED) is 0.771. The molecule has 1 saturated heterocycles. The molecule has 26 heavy (non-hydrogen) atoms. The van der Waals surface area contributed by atoms with Crippen LogP contribution >= 0.6 is 0 Å². The van der Waals surface area contributed by atoms with Gasteiger partial charge in [-0.3, -0.25) is 0 Å². The lowest BCUT2D eigenvalue weighted by atomic mass is 10.0. The number of nitrogens with one attached hydrogen (secondary N) is 1.